The van der Waals surface area contributed by atoms with Gasteiger partial charge in [0.15, 0.2) is 0 Å². The summed E-state index contributed by atoms with van der Waals surface area (Å²) in [5.41, 5.74) is 1.60. The Balaban J connectivity index is 2.20. The summed E-state index contributed by atoms with van der Waals surface area (Å²) in [6, 6.07) is 6.04. The third-order valence-electron chi connectivity index (χ3n) is 2.02. The molecule has 0 unspecified atom stereocenters. The van der Waals surface area contributed by atoms with Gasteiger partial charge in [0.1, 0.15) is 5.82 Å². The summed E-state index contributed by atoms with van der Waals surface area (Å²) in [6.45, 7) is 1.88. The predicted molar refractivity (Wildman–Crippen MR) is 64.2 cm³/mol. The Labute approximate surface area is 101 Å². The van der Waals surface area contributed by atoms with Crippen LogP contribution in [0.5, 0.6) is 0 Å². The van der Waals surface area contributed by atoms with E-state index in [1.54, 1.807) is 18.3 Å². The average molecular weight is 282 g/mol. The fraction of sp³-hybridized carbons (Fsp3) is 0.0909. The highest BCUT2D eigenvalue weighted by Crippen LogP contribution is 2.17. The Hall–Kier alpha value is -1.49. The van der Waals surface area contributed by atoms with Crippen molar-refractivity contribution in [2.24, 2.45) is 0 Å². The van der Waals surface area contributed by atoms with E-state index in [9.17, 15) is 4.39 Å². The Morgan fingerprint density at radius 2 is 1.94 bits per heavy atom. The maximum absolute atomic E-state index is 12.7. The number of aryl methyl sites for hydroxylation is 1. The molecule has 1 aromatic carbocycles. The summed E-state index contributed by atoms with van der Waals surface area (Å²) < 4.78 is 13.5. The van der Waals surface area contributed by atoms with E-state index in [1.165, 1.54) is 12.1 Å². The zero-order valence-corrected chi connectivity index (χ0v) is 10.1. The van der Waals surface area contributed by atoms with Gasteiger partial charge in [-0.1, -0.05) is 0 Å². The molecule has 5 heteroatoms. The molecule has 2 aromatic rings. The SMILES string of the molecule is Cc1nc(Nc2ccc(F)cc2)ncc1Br. The Morgan fingerprint density at radius 1 is 1.25 bits per heavy atom. The Kier molecular flexibility index (Phi) is 3.14. The normalized spacial score (nSPS) is 10.2. The molecule has 1 heterocycles. The first kappa shape index (κ1) is 11.0. The first-order chi connectivity index (χ1) is 7.65. The lowest BCUT2D eigenvalue weighted by atomic mass is 10.3. The van der Waals surface area contributed by atoms with E-state index in [4.69, 9.17) is 0 Å². The number of hydrogen-bond donors (Lipinski definition) is 1. The monoisotopic (exact) mass is 281 g/mol. The lowest BCUT2D eigenvalue weighted by Gasteiger charge is -2.05. The maximum atomic E-state index is 12.7. The highest BCUT2D eigenvalue weighted by atomic mass is 79.9. The molecular formula is C11H9BrFN3. The molecule has 0 spiro atoms. The maximum Gasteiger partial charge on any atom is 0.227 e. The van der Waals surface area contributed by atoms with Crippen LogP contribution in [0.3, 0.4) is 0 Å². The van der Waals surface area contributed by atoms with Crippen molar-refractivity contribution in [2.45, 2.75) is 6.92 Å². The van der Waals surface area contributed by atoms with Crippen molar-refractivity contribution in [3.05, 3.63) is 46.4 Å². The molecular weight excluding hydrogens is 273 g/mol. The van der Waals surface area contributed by atoms with Crippen molar-refractivity contribution < 1.29 is 4.39 Å². The van der Waals surface area contributed by atoms with Gasteiger partial charge in [0, 0.05) is 11.9 Å². The molecule has 0 atom stereocenters. The van der Waals surface area contributed by atoms with E-state index in [1.807, 2.05) is 6.92 Å². The first-order valence-corrected chi connectivity index (χ1v) is 5.46. The van der Waals surface area contributed by atoms with Crippen molar-refractivity contribution >= 4 is 27.6 Å². The molecule has 0 saturated heterocycles. The molecule has 0 amide bonds. The summed E-state index contributed by atoms with van der Waals surface area (Å²) in [4.78, 5) is 8.32. The van der Waals surface area contributed by atoms with E-state index in [0.29, 0.717) is 5.95 Å². The Bertz CT molecular complexity index is 499. The third-order valence-corrected chi connectivity index (χ3v) is 2.80. The molecule has 0 aliphatic heterocycles. The number of hydrogen-bond acceptors (Lipinski definition) is 3. The van der Waals surface area contributed by atoms with Gasteiger partial charge in [0.05, 0.1) is 10.2 Å². The molecule has 2 rings (SSSR count). The van der Waals surface area contributed by atoms with Crippen LogP contribution >= 0.6 is 15.9 Å². The van der Waals surface area contributed by atoms with Gasteiger partial charge >= 0.3 is 0 Å². The third kappa shape index (κ3) is 2.55. The summed E-state index contributed by atoms with van der Waals surface area (Å²) in [6.07, 6.45) is 1.67. The average Bonchev–Trinajstić information content (AvgIpc) is 2.27. The van der Waals surface area contributed by atoms with Crippen molar-refractivity contribution in [3.8, 4) is 0 Å². The quantitative estimate of drug-likeness (QED) is 0.917. The topological polar surface area (TPSA) is 37.8 Å². The van der Waals surface area contributed by atoms with Gasteiger partial charge in [-0.3, -0.25) is 0 Å². The molecule has 0 saturated carbocycles. The number of nitrogens with zero attached hydrogens (tertiary/aromatic N) is 2. The van der Waals surface area contributed by atoms with Gasteiger partial charge in [-0.2, -0.15) is 0 Å². The van der Waals surface area contributed by atoms with Crippen molar-refractivity contribution in [1.29, 1.82) is 0 Å². The molecule has 0 aliphatic rings. The van der Waals surface area contributed by atoms with Crippen molar-refractivity contribution in [1.82, 2.24) is 9.97 Å². The second-order valence-corrected chi connectivity index (χ2v) is 4.11. The lowest BCUT2D eigenvalue weighted by molar-refractivity contribution is 0.628. The fourth-order valence-electron chi connectivity index (χ4n) is 1.17. The van der Waals surface area contributed by atoms with Crippen LogP contribution in [0.2, 0.25) is 0 Å². The van der Waals surface area contributed by atoms with Gasteiger partial charge in [-0.15, -0.1) is 0 Å². The van der Waals surface area contributed by atoms with Gasteiger partial charge in [0.2, 0.25) is 5.95 Å². The van der Waals surface area contributed by atoms with Crippen LogP contribution in [-0.4, -0.2) is 9.97 Å². The van der Waals surface area contributed by atoms with E-state index in [-0.39, 0.29) is 5.82 Å². The summed E-state index contributed by atoms with van der Waals surface area (Å²) in [5, 5.41) is 2.99. The van der Waals surface area contributed by atoms with E-state index in [2.05, 4.69) is 31.2 Å². The number of benzene rings is 1. The zero-order valence-electron chi connectivity index (χ0n) is 8.54. The molecule has 0 aliphatic carbocycles. The summed E-state index contributed by atoms with van der Waals surface area (Å²) in [7, 11) is 0. The van der Waals surface area contributed by atoms with Crippen LogP contribution in [-0.2, 0) is 0 Å². The highest BCUT2D eigenvalue weighted by Gasteiger charge is 2.01. The van der Waals surface area contributed by atoms with Crippen LogP contribution in [0.4, 0.5) is 16.0 Å². The van der Waals surface area contributed by atoms with Crippen molar-refractivity contribution in [2.75, 3.05) is 5.32 Å². The van der Waals surface area contributed by atoms with E-state index in [0.717, 1.165) is 15.9 Å². The van der Waals surface area contributed by atoms with Crippen molar-refractivity contribution in [3.63, 3.8) is 0 Å². The van der Waals surface area contributed by atoms with E-state index < -0.39 is 0 Å². The van der Waals surface area contributed by atoms with Crippen LogP contribution in [0.1, 0.15) is 5.69 Å². The molecule has 16 heavy (non-hydrogen) atoms. The summed E-state index contributed by atoms with van der Waals surface area (Å²) in [5.74, 6) is 0.228. The van der Waals surface area contributed by atoms with Gasteiger partial charge in [0.25, 0.3) is 0 Å². The predicted octanol–water partition coefficient (Wildman–Crippen LogP) is 3.43. The number of halogens is 2. The molecule has 0 bridgehead atoms. The number of nitrogens with one attached hydrogen (secondary N) is 1. The zero-order chi connectivity index (χ0) is 11.5. The highest BCUT2D eigenvalue weighted by molar-refractivity contribution is 9.10. The Morgan fingerprint density at radius 3 is 2.56 bits per heavy atom. The largest absolute Gasteiger partial charge is 0.324 e. The van der Waals surface area contributed by atoms with Gasteiger partial charge in [-0.25, -0.2) is 14.4 Å². The van der Waals surface area contributed by atoms with Crippen LogP contribution in [0.15, 0.2) is 34.9 Å². The second kappa shape index (κ2) is 4.57. The minimum atomic E-state index is -0.265. The minimum absolute atomic E-state index is 0.265. The molecule has 0 radical (unpaired) electrons. The summed E-state index contributed by atoms with van der Waals surface area (Å²) >= 11 is 3.32. The standard InChI is InChI=1S/C11H9BrFN3/c1-7-10(12)6-14-11(15-7)16-9-4-2-8(13)3-5-9/h2-6H,1H3,(H,14,15,16). The first-order valence-electron chi connectivity index (χ1n) is 4.67. The second-order valence-electron chi connectivity index (χ2n) is 3.26. The molecule has 0 fully saturated rings. The minimum Gasteiger partial charge on any atom is -0.324 e. The smallest absolute Gasteiger partial charge is 0.227 e. The van der Waals surface area contributed by atoms with Gasteiger partial charge < -0.3 is 5.32 Å². The molecule has 1 N–H and O–H groups in total. The molecule has 3 nitrogen and oxygen atoms in total. The van der Waals surface area contributed by atoms with Crippen LogP contribution < -0.4 is 5.32 Å². The molecule has 82 valence electrons. The van der Waals surface area contributed by atoms with Crippen LogP contribution in [0.25, 0.3) is 0 Å². The lowest BCUT2D eigenvalue weighted by Crippen LogP contribution is -1.98. The fourth-order valence-corrected chi connectivity index (χ4v) is 1.37. The molecule has 1 aromatic heterocycles. The van der Waals surface area contributed by atoms with Crippen LogP contribution in [0, 0.1) is 12.7 Å². The van der Waals surface area contributed by atoms with E-state index >= 15 is 0 Å². The van der Waals surface area contributed by atoms with Gasteiger partial charge in [-0.05, 0) is 47.1 Å². The number of anilines is 2. The number of aromatic nitrogens is 2. The number of rotatable bonds is 2.